The van der Waals surface area contributed by atoms with Crippen molar-refractivity contribution in [3.63, 3.8) is 0 Å². The highest BCUT2D eigenvalue weighted by molar-refractivity contribution is 7.22. The van der Waals surface area contributed by atoms with Crippen LogP contribution >= 0.6 is 11.3 Å². The predicted octanol–water partition coefficient (Wildman–Crippen LogP) is 5.78. The SMILES string of the molecule is CCOc1ccc2nc(N3C(=O)C(=O)C(=C(O)c4ccc5c(c4)C[C@H](C)O5)[C@@H]3c3ccccc3F)sc2c1. The lowest BCUT2D eigenvalue weighted by Crippen LogP contribution is -2.29. The maximum Gasteiger partial charge on any atom is 0.301 e. The third-order valence-electron chi connectivity index (χ3n) is 6.68. The molecule has 0 radical (unpaired) electrons. The Balaban J connectivity index is 1.52. The minimum Gasteiger partial charge on any atom is -0.507 e. The zero-order valence-electron chi connectivity index (χ0n) is 20.6. The van der Waals surface area contributed by atoms with Gasteiger partial charge in [-0.1, -0.05) is 29.5 Å². The summed E-state index contributed by atoms with van der Waals surface area (Å²) < 4.78 is 27.2. The first-order chi connectivity index (χ1) is 18.4. The van der Waals surface area contributed by atoms with Crippen molar-refractivity contribution in [3.8, 4) is 11.5 Å². The van der Waals surface area contributed by atoms with Gasteiger partial charge in [0.2, 0.25) is 0 Å². The molecule has 192 valence electrons. The van der Waals surface area contributed by atoms with Crippen molar-refractivity contribution in [2.45, 2.75) is 32.4 Å². The summed E-state index contributed by atoms with van der Waals surface area (Å²) in [5.74, 6) is -1.41. The lowest BCUT2D eigenvalue weighted by Gasteiger charge is -2.23. The monoisotopic (exact) mass is 530 g/mol. The lowest BCUT2D eigenvalue weighted by atomic mass is 9.94. The quantitative estimate of drug-likeness (QED) is 0.200. The molecule has 1 amide bonds. The molecule has 2 aliphatic rings. The summed E-state index contributed by atoms with van der Waals surface area (Å²) in [7, 11) is 0. The number of Topliss-reactive ketones (excluding diaryl/α,β-unsaturated/α-hetero) is 1. The number of carbonyl (C=O) groups excluding carboxylic acids is 2. The molecule has 3 aromatic carbocycles. The topological polar surface area (TPSA) is 89.0 Å². The maximum absolute atomic E-state index is 15.2. The number of aliphatic hydroxyl groups excluding tert-OH is 1. The van der Waals surface area contributed by atoms with Crippen molar-refractivity contribution < 1.29 is 28.6 Å². The molecular formula is C29H23FN2O5S. The Bertz CT molecular complexity index is 1650. The average Bonchev–Trinajstić information content (AvgIpc) is 3.56. The Morgan fingerprint density at radius 3 is 2.79 bits per heavy atom. The van der Waals surface area contributed by atoms with E-state index in [9.17, 15) is 14.7 Å². The molecule has 38 heavy (non-hydrogen) atoms. The van der Waals surface area contributed by atoms with E-state index in [1.807, 2.05) is 19.9 Å². The van der Waals surface area contributed by atoms with Gasteiger partial charge in [0.05, 0.1) is 22.4 Å². The molecule has 3 heterocycles. The number of nitrogens with zero attached hydrogens (tertiary/aromatic N) is 2. The number of aliphatic hydroxyl groups is 1. The molecule has 2 aliphatic heterocycles. The van der Waals surface area contributed by atoms with Crippen molar-refractivity contribution in [3.05, 3.63) is 88.7 Å². The number of fused-ring (bicyclic) bond motifs is 2. The Labute approximate surface area is 221 Å². The van der Waals surface area contributed by atoms with Gasteiger partial charge in [-0.2, -0.15) is 0 Å². The summed E-state index contributed by atoms with van der Waals surface area (Å²) in [6, 6.07) is 15.2. The molecule has 1 saturated heterocycles. The lowest BCUT2D eigenvalue weighted by molar-refractivity contribution is -0.132. The summed E-state index contributed by atoms with van der Waals surface area (Å²) in [5.41, 5.74) is 1.73. The number of aromatic nitrogens is 1. The van der Waals surface area contributed by atoms with E-state index >= 15 is 4.39 Å². The van der Waals surface area contributed by atoms with Gasteiger partial charge in [-0.05, 0) is 61.9 Å². The van der Waals surface area contributed by atoms with Crippen LogP contribution in [-0.2, 0) is 16.0 Å². The van der Waals surface area contributed by atoms with Crippen LogP contribution in [0.1, 0.15) is 36.6 Å². The fraction of sp³-hybridized carbons (Fsp3) is 0.207. The van der Waals surface area contributed by atoms with Crippen molar-refractivity contribution in [2.24, 2.45) is 0 Å². The van der Waals surface area contributed by atoms with Gasteiger partial charge < -0.3 is 14.6 Å². The molecule has 1 aromatic heterocycles. The number of rotatable bonds is 5. The van der Waals surface area contributed by atoms with Gasteiger partial charge in [-0.25, -0.2) is 9.37 Å². The molecular weight excluding hydrogens is 507 g/mol. The van der Waals surface area contributed by atoms with E-state index in [1.54, 1.807) is 36.4 Å². The van der Waals surface area contributed by atoms with Gasteiger partial charge in [0, 0.05) is 17.5 Å². The maximum atomic E-state index is 15.2. The Kier molecular flexibility index (Phi) is 5.87. The number of benzene rings is 3. The standard InChI is InChI=1S/C29H23FN2O5S/c1-3-36-18-9-10-21-23(14-18)38-29(31-21)32-25(19-6-4-5-7-20(19)30)24(27(34)28(32)35)26(33)16-8-11-22-17(13-16)12-15(2)37-22/h4-11,13-15,25,33H,3,12H2,1-2H3/t15-,25-/m0/s1. The molecule has 0 spiro atoms. The molecule has 1 N–H and O–H groups in total. The molecule has 9 heteroatoms. The van der Waals surface area contributed by atoms with Crippen LogP contribution in [0.25, 0.3) is 16.0 Å². The van der Waals surface area contributed by atoms with Gasteiger partial charge in [0.25, 0.3) is 5.78 Å². The molecule has 6 rings (SSSR count). The van der Waals surface area contributed by atoms with Crippen LogP contribution in [0, 0.1) is 5.82 Å². The second kappa shape index (κ2) is 9.25. The number of amides is 1. The highest BCUT2D eigenvalue weighted by atomic mass is 32.1. The Morgan fingerprint density at radius 1 is 1.18 bits per heavy atom. The van der Waals surface area contributed by atoms with Crippen LogP contribution in [0.3, 0.4) is 0 Å². The first-order valence-corrected chi connectivity index (χ1v) is 13.1. The van der Waals surface area contributed by atoms with Crippen LogP contribution in [0.5, 0.6) is 11.5 Å². The van der Waals surface area contributed by atoms with E-state index in [1.165, 1.54) is 34.4 Å². The third kappa shape index (κ3) is 3.90. The second-order valence-corrected chi connectivity index (χ2v) is 10.2. The largest absolute Gasteiger partial charge is 0.507 e. The first kappa shape index (κ1) is 24.1. The summed E-state index contributed by atoms with van der Waals surface area (Å²) >= 11 is 1.19. The number of thiazole rings is 1. The summed E-state index contributed by atoms with van der Waals surface area (Å²) in [4.78, 5) is 32.7. The van der Waals surface area contributed by atoms with Gasteiger partial charge in [0.1, 0.15) is 35.2 Å². The number of hydrogen-bond donors (Lipinski definition) is 1. The van der Waals surface area contributed by atoms with E-state index in [-0.39, 0.29) is 28.1 Å². The van der Waals surface area contributed by atoms with Crippen LogP contribution < -0.4 is 14.4 Å². The Morgan fingerprint density at radius 2 is 2.00 bits per heavy atom. The van der Waals surface area contributed by atoms with Crippen LogP contribution in [-0.4, -0.2) is 34.5 Å². The molecule has 4 aromatic rings. The zero-order chi connectivity index (χ0) is 26.6. The number of halogens is 1. The molecule has 7 nitrogen and oxygen atoms in total. The predicted molar refractivity (Wildman–Crippen MR) is 142 cm³/mol. The fourth-order valence-electron chi connectivity index (χ4n) is 5.00. The minimum absolute atomic E-state index is 0.00586. The average molecular weight is 531 g/mol. The zero-order valence-corrected chi connectivity index (χ0v) is 21.4. The van der Waals surface area contributed by atoms with Gasteiger partial charge in [0.15, 0.2) is 5.13 Å². The number of ketones is 1. The fourth-order valence-corrected chi connectivity index (χ4v) is 6.02. The summed E-state index contributed by atoms with van der Waals surface area (Å²) in [6.07, 6.45) is 0.644. The number of ether oxygens (including phenoxy) is 2. The van der Waals surface area contributed by atoms with E-state index in [2.05, 4.69) is 4.98 Å². The molecule has 0 unspecified atom stereocenters. The van der Waals surface area contributed by atoms with Gasteiger partial charge in [-0.3, -0.25) is 14.5 Å². The third-order valence-corrected chi connectivity index (χ3v) is 7.70. The van der Waals surface area contributed by atoms with Crippen molar-refractivity contribution in [2.75, 3.05) is 11.5 Å². The molecule has 0 aliphatic carbocycles. The van der Waals surface area contributed by atoms with Crippen molar-refractivity contribution in [1.29, 1.82) is 0 Å². The van der Waals surface area contributed by atoms with Crippen molar-refractivity contribution >= 4 is 44.1 Å². The van der Waals surface area contributed by atoms with E-state index in [4.69, 9.17) is 9.47 Å². The number of hydrogen-bond acceptors (Lipinski definition) is 7. The number of carbonyl (C=O) groups is 2. The Hall–Kier alpha value is -4.24. The highest BCUT2D eigenvalue weighted by Gasteiger charge is 2.49. The van der Waals surface area contributed by atoms with Gasteiger partial charge in [-0.15, -0.1) is 0 Å². The summed E-state index contributed by atoms with van der Waals surface area (Å²) in [6.45, 7) is 4.32. The normalized spacial score (nSPS) is 20.1. The first-order valence-electron chi connectivity index (χ1n) is 12.2. The van der Waals surface area contributed by atoms with Crippen LogP contribution in [0.15, 0.2) is 66.2 Å². The van der Waals surface area contributed by atoms with E-state index in [0.717, 1.165) is 10.3 Å². The summed E-state index contributed by atoms with van der Waals surface area (Å²) in [5, 5.41) is 11.6. The smallest absolute Gasteiger partial charge is 0.301 e. The molecule has 0 saturated carbocycles. The molecule has 0 bridgehead atoms. The van der Waals surface area contributed by atoms with Crippen LogP contribution in [0.4, 0.5) is 9.52 Å². The van der Waals surface area contributed by atoms with E-state index < -0.39 is 23.5 Å². The highest BCUT2D eigenvalue weighted by Crippen LogP contribution is 2.45. The van der Waals surface area contributed by atoms with Gasteiger partial charge >= 0.3 is 5.91 Å². The second-order valence-electron chi connectivity index (χ2n) is 9.20. The molecule has 1 fully saturated rings. The van der Waals surface area contributed by atoms with Crippen molar-refractivity contribution in [1.82, 2.24) is 4.98 Å². The van der Waals surface area contributed by atoms with E-state index in [0.29, 0.717) is 35.6 Å². The minimum atomic E-state index is -1.20. The molecule has 2 atom stereocenters. The number of anilines is 1. The van der Waals surface area contributed by atoms with Crippen LogP contribution in [0.2, 0.25) is 0 Å².